The van der Waals surface area contributed by atoms with Crippen LogP contribution in [0.1, 0.15) is 5.56 Å². The molecule has 0 unspecified atom stereocenters. The molecule has 0 spiro atoms. The summed E-state index contributed by atoms with van der Waals surface area (Å²) in [6.07, 6.45) is 0. The van der Waals surface area contributed by atoms with Gasteiger partial charge in [0.2, 0.25) is 0 Å². The van der Waals surface area contributed by atoms with Crippen molar-refractivity contribution in [2.24, 2.45) is 5.10 Å². The van der Waals surface area contributed by atoms with Crippen LogP contribution in [0.5, 0.6) is 0 Å². The molecule has 72 valence electrons. The predicted octanol–water partition coefficient (Wildman–Crippen LogP) is 2.50. The summed E-state index contributed by atoms with van der Waals surface area (Å²) in [6.45, 7) is 0. The maximum absolute atomic E-state index is 10.8. The lowest BCUT2D eigenvalue weighted by molar-refractivity contribution is 0.261. The highest BCUT2D eigenvalue weighted by Gasteiger charge is 2.13. The molecular weight excluding hydrogens is 220 g/mol. The van der Waals surface area contributed by atoms with E-state index in [0.717, 1.165) is 11.3 Å². The fraction of sp³-hybridized carbons (Fsp3) is 0.111. The van der Waals surface area contributed by atoms with Gasteiger partial charge >= 0.3 is 0 Å². The largest absolute Gasteiger partial charge is 0.299 e. The second-order valence-electron chi connectivity index (χ2n) is 2.75. The maximum Gasteiger partial charge on any atom is 0.299 e. The molecular formula is C9H7ClN2OS. The van der Waals surface area contributed by atoms with Crippen molar-refractivity contribution in [1.82, 2.24) is 5.43 Å². The number of halogens is 1. The minimum Gasteiger partial charge on any atom is -0.260 e. The lowest BCUT2D eigenvalue weighted by Crippen LogP contribution is -2.23. The number of hydrogen-bond acceptors (Lipinski definition) is 3. The highest BCUT2D eigenvalue weighted by Crippen LogP contribution is 2.15. The third kappa shape index (κ3) is 2.08. The van der Waals surface area contributed by atoms with E-state index in [1.807, 2.05) is 12.1 Å². The first-order valence-corrected chi connectivity index (χ1v) is 5.37. The molecule has 1 aromatic carbocycles. The summed E-state index contributed by atoms with van der Waals surface area (Å²) in [4.78, 5) is 10.8. The first-order valence-electron chi connectivity index (χ1n) is 4.01. The molecule has 1 aliphatic heterocycles. The van der Waals surface area contributed by atoms with Crippen LogP contribution in [0.3, 0.4) is 0 Å². The quantitative estimate of drug-likeness (QED) is 0.800. The molecule has 0 fully saturated rings. The van der Waals surface area contributed by atoms with Crippen LogP contribution in [-0.2, 0) is 0 Å². The molecule has 2 rings (SSSR count). The Morgan fingerprint density at radius 1 is 1.36 bits per heavy atom. The van der Waals surface area contributed by atoms with Gasteiger partial charge in [0.15, 0.2) is 0 Å². The Balaban J connectivity index is 2.23. The minimum absolute atomic E-state index is 0.109. The minimum atomic E-state index is -0.109. The Kier molecular flexibility index (Phi) is 2.74. The monoisotopic (exact) mass is 226 g/mol. The van der Waals surface area contributed by atoms with Crippen molar-refractivity contribution < 1.29 is 4.79 Å². The molecule has 1 heterocycles. The van der Waals surface area contributed by atoms with Crippen LogP contribution >= 0.6 is 23.4 Å². The number of carbonyl (C=O) groups is 1. The lowest BCUT2D eigenvalue weighted by atomic mass is 10.1. The van der Waals surface area contributed by atoms with Gasteiger partial charge in [0.05, 0.1) is 5.71 Å². The van der Waals surface area contributed by atoms with Gasteiger partial charge in [0.25, 0.3) is 5.24 Å². The zero-order valence-electron chi connectivity index (χ0n) is 7.16. The third-order valence-electron chi connectivity index (χ3n) is 1.80. The second kappa shape index (κ2) is 4.02. The normalized spacial score (nSPS) is 16.1. The van der Waals surface area contributed by atoms with E-state index in [-0.39, 0.29) is 5.24 Å². The van der Waals surface area contributed by atoms with Crippen molar-refractivity contribution in [1.29, 1.82) is 0 Å². The van der Waals surface area contributed by atoms with E-state index in [1.165, 1.54) is 11.8 Å². The van der Waals surface area contributed by atoms with Gasteiger partial charge in [0.1, 0.15) is 0 Å². The van der Waals surface area contributed by atoms with Gasteiger partial charge in [-0.25, -0.2) is 5.43 Å². The highest BCUT2D eigenvalue weighted by molar-refractivity contribution is 8.14. The molecule has 0 atom stereocenters. The number of carbonyl (C=O) groups excluding carboxylic acids is 1. The molecule has 3 nitrogen and oxygen atoms in total. The molecule has 0 saturated heterocycles. The number of thioether (sulfide) groups is 1. The van der Waals surface area contributed by atoms with E-state index < -0.39 is 0 Å². The number of nitrogens with one attached hydrogen (secondary N) is 1. The molecule has 5 heteroatoms. The number of nitrogens with zero attached hydrogens (tertiary/aromatic N) is 1. The maximum atomic E-state index is 10.8. The molecule has 14 heavy (non-hydrogen) atoms. The van der Waals surface area contributed by atoms with Crippen molar-refractivity contribution in [3.05, 3.63) is 34.9 Å². The average Bonchev–Trinajstić information content (AvgIpc) is 2.21. The summed E-state index contributed by atoms with van der Waals surface area (Å²) in [5.74, 6) is 0.605. The van der Waals surface area contributed by atoms with E-state index >= 15 is 0 Å². The average molecular weight is 227 g/mol. The Hall–Kier alpha value is -1.000. The Morgan fingerprint density at radius 3 is 2.64 bits per heavy atom. The van der Waals surface area contributed by atoms with E-state index in [4.69, 9.17) is 11.6 Å². The van der Waals surface area contributed by atoms with Gasteiger partial charge in [-0.05, 0) is 17.7 Å². The first kappa shape index (κ1) is 9.55. The summed E-state index contributed by atoms with van der Waals surface area (Å²) in [5, 5.41) is 4.55. The van der Waals surface area contributed by atoms with Crippen molar-refractivity contribution in [3.8, 4) is 0 Å². The molecule has 1 N–H and O–H groups in total. The molecule has 1 amide bonds. The Morgan fingerprint density at radius 2 is 2.07 bits per heavy atom. The van der Waals surface area contributed by atoms with Crippen molar-refractivity contribution in [3.63, 3.8) is 0 Å². The fourth-order valence-corrected chi connectivity index (χ4v) is 1.84. The molecule has 0 radical (unpaired) electrons. The summed E-state index contributed by atoms with van der Waals surface area (Å²) in [7, 11) is 0. The van der Waals surface area contributed by atoms with Gasteiger partial charge in [-0.15, -0.1) is 0 Å². The van der Waals surface area contributed by atoms with Crippen molar-refractivity contribution >= 4 is 34.3 Å². The van der Waals surface area contributed by atoms with Crippen LogP contribution in [-0.4, -0.2) is 16.7 Å². The molecule has 0 aromatic heterocycles. The van der Waals surface area contributed by atoms with Gasteiger partial charge in [-0.2, -0.15) is 5.10 Å². The first-order chi connectivity index (χ1) is 6.75. The highest BCUT2D eigenvalue weighted by atomic mass is 35.5. The van der Waals surface area contributed by atoms with Crippen molar-refractivity contribution in [2.75, 3.05) is 5.75 Å². The molecule has 0 saturated carbocycles. The number of benzene rings is 1. The molecule has 1 aliphatic rings. The van der Waals surface area contributed by atoms with Gasteiger partial charge in [-0.3, -0.25) is 4.79 Å². The van der Waals surface area contributed by atoms with Gasteiger partial charge < -0.3 is 0 Å². The number of hydrogen-bond donors (Lipinski definition) is 1. The van der Waals surface area contributed by atoms with E-state index in [0.29, 0.717) is 10.8 Å². The zero-order chi connectivity index (χ0) is 9.97. The Bertz CT molecular complexity index is 388. The van der Waals surface area contributed by atoms with Crippen LogP contribution < -0.4 is 5.43 Å². The van der Waals surface area contributed by atoms with E-state index in [1.54, 1.807) is 12.1 Å². The van der Waals surface area contributed by atoms with Crippen LogP contribution in [0.15, 0.2) is 29.4 Å². The predicted molar refractivity (Wildman–Crippen MR) is 59.0 cm³/mol. The van der Waals surface area contributed by atoms with E-state index in [2.05, 4.69) is 10.5 Å². The number of amides is 1. The van der Waals surface area contributed by atoms with E-state index in [9.17, 15) is 4.79 Å². The summed E-state index contributed by atoms with van der Waals surface area (Å²) >= 11 is 6.97. The summed E-state index contributed by atoms with van der Waals surface area (Å²) < 4.78 is 0. The van der Waals surface area contributed by atoms with Crippen molar-refractivity contribution in [2.45, 2.75) is 0 Å². The SMILES string of the molecule is O=C1NN=C(c2ccc(Cl)cc2)CS1. The molecule has 0 bridgehead atoms. The number of hydrazone groups is 1. The van der Waals surface area contributed by atoms with Crippen LogP contribution in [0.25, 0.3) is 0 Å². The smallest absolute Gasteiger partial charge is 0.260 e. The molecule has 1 aromatic rings. The second-order valence-corrected chi connectivity index (χ2v) is 4.14. The Labute approximate surface area is 90.5 Å². The summed E-state index contributed by atoms with van der Waals surface area (Å²) in [6, 6.07) is 7.39. The molecule has 0 aliphatic carbocycles. The topological polar surface area (TPSA) is 41.5 Å². The number of rotatable bonds is 1. The summed E-state index contributed by atoms with van der Waals surface area (Å²) in [5.41, 5.74) is 4.28. The standard InChI is InChI=1S/C9H7ClN2OS/c10-7-3-1-6(2-4-7)8-5-14-9(13)12-11-8/h1-4H,5H2,(H,12,13). The zero-order valence-corrected chi connectivity index (χ0v) is 8.73. The van der Waals surface area contributed by atoms with Crippen LogP contribution in [0.4, 0.5) is 4.79 Å². The fourth-order valence-electron chi connectivity index (χ4n) is 1.10. The van der Waals surface area contributed by atoms with Crippen LogP contribution in [0, 0.1) is 0 Å². The van der Waals surface area contributed by atoms with Crippen LogP contribution in [0.2, 0.25) is 5.02 Å². The lowest BCUT2D eigenvalue weighted by Gasteiger charge is -2.11. The van der Waals surface area contributed by atoms with Gasteiger partial charge in [0, 0.05) is 10.8 Å². The van der Waals surface area contributed by atoms with Gasteiger partial charge in [-0.1, -0.05) is 35.5 Å². The third-order valence-corrected chi connectivity index (χ3v) is 2.82.